The molecule has 23 heavy (non-hydrogen) atoms. The summed E-state index contributed by atoms with van der Waals surface area (Å²) in [5, 5.41) is 9.17. The van der Waals surface area contributed by atoms with Crippen LogP contribution in [0.5, 0.6) is 0 Å². The lowest BCUT2D eigenvalue weighted by Gasteiger charge is -2.20. The molecule has 1 amide bonds. The van der Waals surface area contributed by atoms with Gasteiger partial charge in [0, 0.05) is 25.2 Å². The van der Waals surface area contributed by atoms with E-state index >= 15 is 0 Å². The van der Waals surface area contributed by atoms with Gasteiger partial charge in [0.1, 0.15) is 0 Å². The van der Waals surface area contributed by atoms with Crippen LogP contribution in [0.2, 0.25) is 0 Å². The second kappa shape index (κ2) is 7.90. The molecule has 0 unspecified atom stereocenters. The molecule has 1 aromatic carbocycles. The summed E-state index contributed by atoms with van der Waals surface area (Å²) in [5.74, 6) is -0.0483. The van der Waals surface area contributed by atoms with Gasteiger partial charge >= 0.3 is 0 Å². The molecule has 2 rings (SSSR count). The van der Waals surface area contributed by atoms with E-state index in [1.165, 1.54) is 19.1 Å². The standard InChI is InChI=1S/C16H24N2O4S/c1-13(19)12-17-23(21,22)15-8-6-14(7-9-15)16(20)18-10-4-2-3-5-11-18/h6-9,13,17,19H,2-5,10-12H2,1H3/t13-/m0/s1. The minimum Gasteiger partial charge on any atom is -0.392 e. The lowest BCUT2D eigenvalue weighted by Crippen LogP contribution is -2.32. The quantitative estimate of drug-likeness (QED) is 0.847. The van der Waals surface area contributed by atoms with Gasteiger partial charge in [-0.05, 0) is 44.0 Å². The van der Waals surface area contributed by atoms with Crippen molar-refractivity contribution in [2.45, 2.75) is 43.6 Å². The third kappa shape index (κ3) is 5.02. The number of carbonyl (C=O) groups is 1. The van der Waals surface area contributed by atoms with Crippen LogP contribution in [0.15, 0.2) is 29.2 Å². The molecule has 1 saturated heterocycles. The minimum absolute atomic E-state index is 0.0448. The Morgan fingerprint density at radius 3 is 2.26 bits per heavy atom. The van der Waals surface area contributed by atoms with Crippen LogP contribution in [0.4, 0.5) is 0 Å². The first-order valence-electron chi connectivity index (χ1n) is 7.97. The lowest BCUT2D eigenvalue weighted by molar-refractivity contribution is 0.0761. The zero-order valence-corrected chi connectivity index (χ0v) is 14.2. The van der Waals surface area contributed by atoms with E-state index in [2.05, 4.69) is 4.72 Å². The molecule has 0 aromatic heterocycles. The third-order valence-electron chi connectivity index (χ3n) is 3.87. The van der Waals surface area contributed by atoms with E-state index in [0.717, 1.165) is 38.8 Å². The smallest absolute Gasteiger partial charge is 0.253 e. The molecule has 1 aromatic rings. The summed E-state index contributed by atoms with van der Waals surface area (Å²) in [7, 11) is -3.66. The summed E-state index contributed by atoms with van der Waals surface area (Å²) in [6, 6.07) is 5.94. The predicted octanol–water partition coefficient (Wildman–Crippen LogP) is 1.36. The fraction of sp³-hybridized carbons (Fsp3) is 0.562. The third-order valence-corrected chi connectivity index (χ3v) is 5.31. The van der Waals surface area contributed by atoms with Crippen LogP contribution in [-0.2, 0) is 10.0 Å². The van der Waals surface area contributed by atoms with Gasteiger partial charge in [0.15, 0.2) is 0 Å². The number of hydrogen-bond acceptors (Lipinski definition) is 4. The molecule has 1 heterocycles. The van der Waals surface area contributed by atoms with Crippen LogP contribution in [0, 0.1) is 0 Å². The van der Waals surface area contributed by atoms with Gasteiger partial charge in [-0.25, -0.2) is 13.1 Å². The molecule has 1 aliphatic rings. The fourth-order valence-corrected chi connectivity index (χ4v) is 3.67. The summed E-state index contributed by atoms with van der Waals surface area (Å²) < 4.78 is 26.4. The molecular weight excluding hydrogens is 316 g/mol. The van der Waals surface area contributed by atoms with E-state index in [-0.39, 0.29) is 17.3 Å². The Morgan fingerprint density at radius 2 is 1.74 bits per heavy atom. The number of nitrogens with zero attached hydrogens (tertiary/aromatic N) is 1. The van der Waals surface area contributed by atoms with Crippen molar-refractivity contribution in [1.82, 2.24) is 9.62 Å². The van der Waals surface area contributed by atoms with E-state index in [4.69, 9.17) is 5.11 Å². The molecular formula is C16H24N2O4S. The van der Waals surface area contributed by atoms with Crippen LogP contribution in [0.3, 0.4) is 0 Å². The zero-order valence-electron chi connectivity index (χ0n) is 13.4. The molecule has 0 bridgehead atoms. The molecule has 0 radical (unpaired) electrons. The van der Waals surface area contributed by atoms with Gasteiger partial charge in [-0.2, -0.15) is 0 Å². The summed E-state index contributed by atoms with van der Waals surface area (Å²) in [6.07, 6.45) is 3.57. The fourth-order valence-electron chi connectivity index (χ4n) is 2.55. The number of aliphatic hydroxyl groups is 1. The largest absolute Gasteiger partial charge is 0.392 e. The number of carbonyl (C=O) groups excluding carboxylic acids is 1. The minimum atomic E-state index is -3.66. The number of sulfonamides is 1. The number of likely N-dealkylation sites (tertiary alicyclic amines) is 1. The Balaban J connectivity index is 2.07. The average Bonchev–Trinajstić information content (AvgIpc) is 2.82. The van der Waals surface area contributed by atoms with Crippen LogP contribution < -0.4 is 4.72 Å². The van der Waals surface area contributed by atoms with Crippen molar-refractivity contribution in [3.8, 4) is 0 Å². The van der Waals surface area contributed by atoms with Crippen molar-refractivity contribution in [3.63, 3.8) is 0 Å². The van der Waals surface area contributed by atoms with Gasteiger partial charge in [0.05, 0.1) is 11.0 Å². The summed E-state index contributed by atoms with van der Waals surface area (Å²) >= 11 is 0. The molecule has 2 N–H and O–H groups in total. The Bertz CT molecular complexity index is 618. The number of nitrogens with one attached hydrogen (secondary N) is 1. The van der Waals surface area contributed by atoms with Gasteiger partial charge in [-0.15, -0.1) is 0 Å². The van der Waals surface area contributed by atoms with Gasteiger partial charge in [-0.3, -0.25) is 4.79 Å². The molecule has 1 aliphatic heterocycles. The Hall–Kier alpha value is -1.44. The first kappa shape index (κ1) is 17.9. The molecule has 7 heteroatoms. The first-order chi connectivity index (χ1) is 10.9. The second-order valence-electron chi connectivity index (χ2n) is 5.93. The highest BCUT2D eigenvalue weighted by atomic mass is 32.2. The van der Waals surface area contributed by atoms with Crippen LogP contribution in [0.25, 0.3) is 0 Å². The van der Waals surface area contributed by atoms with E-state index in [9.17, 15) is 13.2 Å². The summed E-state index contributed by atoms with van der Waals surface area (Å²) in [6.45, 7) is 2.98. The van der Waals surface area contributed by atoms with Gasteiger partial charge in [0.25, 0.3) is 5.91 Å². The van der Waals surface area contributed by atoms with Crippen LogP contribution in [0.1, 0.15) is 43.0 Å². The number of amides is 1. The molecule has 1 atom stereocenters. The molecule has 128 valence electrons. The number of rotatable bonds is 5. The monoisotopic (exact) mass is 340 g/mol. The normalized spacial score (nSPS) is 17.6. The second-order valence-corrected chi connectivity index (χ2v) is 7.70. The Labute approximate surface area is 137 Å². The highest BCUT2D eigenvalue weighted by Gasteiger charge is 2.19. The SMILES string of the molecule is C[C@H](O)CNS(=O)(=O)c1ccc(C(=O)N2CCCCCC2)cc1. The van der Waals surface area contributed by atoms with Crippen molar-refractivity contribution < 1.29 is 18.3 Å². The zero-order chi connectivity index (χ0) is 16.9. The Morgan fingerprint density at radius 1 is 1.17 bits per heavy atom. The Kier molecular flexibility index (Phi) is 6.15. The van der Waals surface area contributed by atoms with E-state index < -0.39 is 16.1 Å². The molecule has 1 fully saturated rings. The van der Waals surface area contributed by atoms with Crippen molar-refractivity contribution in [2.24, 2.45) is 0 Å². The van der Waals surface area contributed by atoms with Crippen LogP contribution in [-0.4, -0.2) is 50.1 Å². The summed E-state index contributed by atoms with van der Waals surface area (Å²) in [4.78, 5) is 14.4. The molecule has 6 nitrogen and oxygen atoms in total. The lowest BCUT2D eigenvalue weighted by atomic mass is 10.2. The van der Waals surface area contributed by atoms with Crippen molar-refractivity contribution in [3.05, 3.63) is 29.8 Å². The van der Waals surface area contributed by atoms with Gasteiger partial charge in [-0.1, -0.05) is 12.8 Å². The van der Waals surface area contributed by atoms with E-state index in [0.29, 0.717) is 5.56 Å². The van der Waals surface area contributed by atoms with Crippen molar-refractivity contribution in [2.75, 3.05) is 19.6 Å². The first-order valence-corrected chi connectivity index (χ1v) is 9.45. The van der Waals surface area contributed by atoms with Crippen LogP contribution >= 0.6 is 0 Å². The van der Waals surface area contributed by atoms with E-state index in [1.54, 1.807) is 12.1 Å². The average molecular weight is 340 g/mol. The number of benzene rings is 1. The maximum atomic E-state index is 12.5. The highest BCUT2D eigenvalue weighted by Crippen LogP contribution is 2.15. The van der Waals surface area contributed by atoms with E-state index in [1.807, 2.05) is 4.90 Å². The van der Waals surface area contributed by atoms with Gasteiger partial charge < -0.3 is 10.0 Å². The molecule has 0 spiro atoms. The van der Waals surface area contributed by atoms with Gasteiger partial charge in [0.2, 0.25) is 10.0 Å². The maximum absolute atomic E-state index is 12.5. The molecule has 0 aliphatic carbocycles. The maximum Gasteiger partial charge on any atom is 0.253 e. The topological polar surface area (TPSA) is 86.7 Å². The highest BCUT2D eigenvalue weighted by molar-refractivity contribution is 7.89. The number of aliphatic hydroxyl groups excluding tert-OH is 1. The number of hydrogen-bond donors (Lipinski definition) is 2. The van der Waals surface area contributed by atoms with Crippen molar-refractivity contribution >= 4 is 15.9 Å². The predicted molar refractivity (Wildman–Crippen MR) is 87.7 cm³/mol. The molecule has 0 saturated carbocycles. The summed E-state index contributed by atoms with van der Waals surface area (Å²) in [5.41, 5.74) is 0.501. The van der Waals surface area contributed by atoms with Crippen molar-refractivity contribution in [1.29, 1.82) is 0 Å².